The first kappa shape index (κ1) is 20.4. The molecule has 4 unspecified atom stereocenters. The van der Waals surface area contributed by atoms with Gasteiger partial charge in [-0.2, -0.15) is 0 Å². The number of hydrazine groups is 1. The van der Waals surface area contributed by atoms with E-state index in [0.29, 0.717) is 24.2 Å². The van der Waals surface area contributed by atoms with Gasteiger partial charge in [0, 0.05) is 43.5 Å². The molecule has 1 aromatic carbocycles. The van der Waals surface area contributed by atoms with E-state index in [4.69, 9.17) is 0 Å². The molecule has 3 fully saturated rings. The van der Waals surface area contributed by atoms with E-state index in [1.807, 2.05) is 36.7 Å². The van der Waals surface area contributed by atoms with E-state index in [1.54, 1.807) is 6.07 Å². The summed E-state index contributed by atoms with van der Waals surface area (Å²) in [5.41, 5.74) is 8.71. The van der Waals surface area contributed by atoms with Crippen molar-refractivity contribution in [3.63, 3.8) is 0 Å². The summed E-state index contributed by atoms with van der Waals surface area (Å²) in [6.07, 6.45) is 8.29. The predicted molar refractivity (Wildman–Crippen MR) is 118 cm³/mol. The van der Waals surface area contributed by atoms with Crippen molar-refractivity contribution in [2.75, 3.05) is 18.0 Å². The molecule has 31 heavy (non-hydrogen) atoms. The average Bonchev–Trinajstić information content (AvgIpc) is 3.23. The molecule has 2 aromatic rings. The number of hydrogen-bond acceptors (Lipinski definition) is 5. The molecule has 1 aliphatic carbocycles. The Morgan fingerprint density at radius 2 is 1.94 bits per heavy atom. The van der Waals surface area contributed by atoms with E-state index in [0.717, 1.165) is 38.6 Å². The number of halogens is 1. The maximum atomic E-state index is 14.2. The number of pyridine rings is 1. The molecule has 0 radical (unpaired) electrons. The summed E-state index contributed by atoms with van der Waals surface area (Å²) in [6.45, 7) is 1.49. The Hall–Kier alpha value is -2.51. The number of carbonyl (C=O) groups is 1. The number of piperidine rings is 1. The van der Waals surface area contributed by atoms with Crippen molar-refractivity contribution in [3.8, 4) is 0 Å². The van der Waals surface area contributed by atoms with Gasteiger partial charge in [0.25, 0.3) is 0 Å². The average molecular weight is 424 g/mol. The number of para-hydroxylation sites is 1. The lowest BCUT2D eigenvalue weighted by atomic mass is 9.74. The molecule has 0 spiro atoms. The maximum Gasteiger partial charge on any atom is 0.223 e. The van der Waals surface area contributed by atoms with Crippen molar-refractivity contribution in [1.82, 2.24) is 21.2 Å². The van der Waals surface area contributed by atoms with Crippen LogP contribution < -0.4 is 21.1 Å². The summed E-state index contributed by atoms with van der Waals surface area (Å²) < 4.78 is 14.2. The fourth-order valence-corrected chi connectivity index (χ4v) is 5.54. The molecule has 0 bridgehead atoms. The number of benzene rings is 1. The van der Waals surface area contributed by atoms with Crippen LogP contribution in [0.25, 0.3) is 0 Å². The van der Waals surface area contributed by atoms with Gasteiger partial charge in [0.2, 0.25) is 5.91 Å². The monoisotopic (exact) mass is 423 g/mol. The van der Waals surface area contributed by atoms with Crippen LogP contribution in [0.15, 0.2) is 48.8 Å². The first-order valence-corrected chi connectivity index (χ1v) is 11.4. The lowest BCUT2D eigenvalue weighted by Crippen LogP contribution is -2.50. The maximum absolute atomic E-state index is 14.2. The smallest absolute Gasteiger partial charge is 0.223 e. The number of aromatic nitrogens is 1. The van der Waals surface area contributed by atoms with Crippen molar-refractivity contribution in [2.45, 2.75) is 50.2 Å². The highest BCUT2D eigenvalue weighted by Gasteiger charge is 2.43. The molecule has 1 amide bonds. The zero-order valence-corrected chi connectivity index (χ0v) is 17.6. The Morgan fingerprint density at radius 3 is 2.77 bits per heavy atom. The normalized spacial score (nSPS) is 30.6. The van der Waals surface area contributed by atoms with Crippen LogP contribution in [0.2, 0.25) is 0 Å². The van der Waals surface area contributed by atoms with Crippen molar-refractivity contribution >= 4 is 11.6 Å². The lowest BCUT2D eigenvalue weighted by molar-refractivity contribution is -0.127. The molecule has 5 atom stereocenters. The molecule has 3 heterocycles. The third-order valence-corrected chi connectivity index (χ3v) is 7.15. The third-order valence-electron chi connectivity index (χ3n) is 7.15. The molecule has 3 N–H and O–H groups in total. The largest absolute Gasteiger partial charge is 0.367 e. The van der Waals surface area contributed by atoms with Gasteiger partial charge in [-0.1, -0.05) is 12.1 Å². The van der Waals surface area contributed by atoms with Crippen molar-refractivity contribution in [1.29, 1.82) is 0 Å². The minimum absolute atomic E-state index is 0.0242. The summed E-state index contributed by atoms with van der Waals surface area (Å²) in [5, 5.41) is 3.29. The van der Waals surface area contributed by atoms with E-state index in [-0.39, 0.29) is 29.7 Å². The molecule has 2 saturated heterocycles. The Balaban J connectivity index is 1.21. The Bertz CT molecular complexity index is 910. The quantitative estimate of drug-likeness (QED) is 0.706. The van der Waals surface area contributed by atoms with Crippen molar-refractivity contribution < 1.29 is 9.18 Å². The van der Waals surface area contributed by atoms with Gasteiger partial charge in [-0.25, -0.2) is 9.82 Å². The van der Waals surface area contributed by atoms with Crippen LogP contribution in [0, 0.1) is 17.7 Å². The van der Waals surface area contributed by atoms with Gasteiger partial charge in [-0.05, 0) is 67.9 Å². The molecular weight excluding hydrogens is 393 g/mol. The highest BCUT2D eigenvalue weighted by Crippen LogP contribution is 2.40. The molecule has 2 aliphatic heterocycles. The van der Waals surface area contributed by atoms with E-state index in [2.05, 4.69) is 26.1 Å². The second-order valence-corrected chi connectivity index (χ2v) is 9.07. The number of amides is 1. The van der Waals surface area contributed by atoms with Crippen LogP contribution in [0.1, 0.15) is 43.7 Å². The topological polar surface area (TPSA) is 69.3 Å². The van der Waals surface area contributed by atoms with Crippen molar-refractivity contribution in [3.05, 3.63) is 60.2 Å². The van der Waals surface area contributed by atoms with E-state index < -0.39 is 0 Å². The van der Waals surface area contributed by atoms with E-state index >= 15 is 0 Å². The second-order valence-electron chi connectivity index (χ2n) is 9.07. The summed E-state index contributed by atoms with van der Waals surface area (Å²) in [5.74, 6) is 0.361. The molecule has 164 valence electrons. The van der Waals surface area contributed by atoms with Crippen LogP contribution in [0.4, 0.5) is 10.1 Å². The molecule has 3 aliphatic rings. The zero-order chi connectivity index (χ0) is 21.2. The number of anilines is 1. The zero-order valence-electron chi connectivity index (χ0n) is 17.6. The van der Waals surface area contributed by atoms with Gasteiger partial charge in [-0.3, -0.25) is 15.2 Å². The SMILES string of the molecule is O=C(N[C@@H]1CCCN(c2ccccc2F)C1)C1CCC2NNC(c3ccncc3)C2C1. The van der Waals surface area contributed by atoms with Crippen LogP contribution in [0.3, 0.4) is 0 Å². The van der Waals surface area contributed by atoms with Gasteiger partial charge in [0.05, 0.1) is 11.7 Å². The number of nitrogens with zero attached hydrogens (tertiary/aromatic N) is 2. The Labute approximate surface area is 182 Å². The van der Waals surface area contributed by atoms with Crippen LogP contribution in [-0.4, -0.2) is 36.1 Å². The number of fused-ring (bicyclic) bond motifs is 1. The first-order chi connectivity index (χ1) is 15.2. The Kier molecular flexibility index (Phi) is 5.87. The standard InChI is InChI=1S/C24H30FN5O/c25-20-5-1-2-6-22(20)30-13-3-4-18(15-30)27-24(31)17-7-8-21-19(14-17)23(29-28-21)16-9-11-26-12-10-16/h1-2,5-6,9-12,17-19,21,23,28-29H,3-4,7-8,13-15H2,(H,27,31)/t17?,18-,19?,21?,23?/m1/s1. The van der Waals surface area contributed by atoms with Crippen LogP contribution >= 0.6 is 0 Å². The number of rotatable bonds is 4. The van der Waals surface area contributed by atoms with Gasteiger partial charge < -0.3 is 10.2 Å². The highest BCUT2D eigenvalue weighted by molar-refractivity contribution is 5.79. The minimum Gasteiger partial charge on any atom is -0.367 e. The fourth-order valence-electron chi connectivity index (χ4n) is 5.54. The third kappa shape index (κ3) is 4.29. The number of hydrogen-bond donors (Lipinski definition) is 3. The molecular formula is C24H30FN5O. The summed E-state index contributed by atoms with van der Waals surface area (Å²) in [6, 6.07) is 11.7. The fraction of sp³-hybridized carbons (Fsp3) is 0.500. The molecule has 6 nitrogen and oxygen atoms in total. The van der Waals surface area contributed by atoms with E-state index in [9.17, 15) is 9.18 Å². The molecule has 7 heteroatoms. The molecule has 1 saturated carbocycles. The summed E-state index contributed by atoms with van der Waals surface area (Å²) in [4.78, 5) is 19.3. The van der Waals surface area contributed by atoms with E-state index in [1.165, 1.54) is 11.6 Å². The predicted octanol–water partition coefficient (Wildman–Crippen LogP) is 2.94. The van der Waals surface area contributed by atoms with Crippen LogP contribution in [-0.2, 0) is 4.79 Å². The number of nitrogens with one attached hydrogen (secondary N) is 3. The highest BCUT2D eigenvalue weighted by atomic mass is 19.1. The molecule has 5 rings (SSSR count). The lowest BCUT2D eigenvalue weighted by Gasteiger charge is -2.37. The van der Waals surface area contributed by atoms with Gasteiger partial charge in [-0.15, -0.1) is 0 Å². The van der Waals surface area contributed by atoms with Crippen molar-refractivity contribution in [2.24, 2.45) is 11.8 Å². The summed E-state index contributed by atoms with van der Waals surface area (Å²) in [7, 11) is 0. The van der Waals surface area contributed by atoms with Gasteiger partial charge in [0.15, 0.2) is 0 Å². The van der Waals surface area contributed by atoms with Gasteiger partial charge >= 0.3 is 0 Å². The minimum atomic E-state index is -0.198. The first-order valence-electron chi connectivity index (χ1n) is 11.4. The van der Waals surface area contributed by atoms with Gasteiger partial charge in [0.1, 0.15) is 5.82 Å². The number of carbonyl (C=O) groups excluding carboxylic acids is 1. The summed E-state index contributed by atoms with van der Waals surface area (Å²) >= 11 is 0. The second kappa shape index (κ2) is 8.93. The molecule has 1 aromatic heterocycles. The Morgan fingerprint density at radius 1 is 1.10 bits per heavy atom. The van der Waals surface area contributed by atoms with Crippen LogP contribution in [0.5, 0.6) is 0 Å².